The van der Waals surface area contributed by atoms with Crippen molar-refractivity contribution in [2.24, 2.45) is 0 Å². The third-order valence-corrected chi connectivity index (χ3v) is 4.27. The van der Waals surface area contributed by atoms with Crippen molar-refractivity contribution in [3.63, 3.8) is 0 Å². The highest BCUT2D eigenvalue weighted by Gasteiger charge is 2.56. The third-order valence-electron chi connectivity index (χ3n) is 4.27. The number of benzene rings is 1. The van der Waals surface area contributed by atoms with Gasteiger partial charge in [0, 0.05) is 17.4 Å². The molecule has 1 aromatic carbocycles. The van der Waals surface area contributed by atoms with Gasteiger partial charge in [-0.05, 0) is 24.1 Å². The summed E-state index contributed by atoms with van der Waals surface area (Å²) in [5, 5.41) is 3.18. The summed E-state index contributed by atoms with van der Waals surface area (Å²) >= 11 is 0. The summed E-state index contributed by atoms with van der Waals surface area (Å²) in [5.41, 5.74) is 3.34. The molecular weight excluding hydrogens is 436 g/mol. The van der Waals surface area contributed by atoms with Gasteiger partial charge in [-0.25, -0.2) is 26.3 Å². The normalized spacial score (nSPS) is 15.1. The van der Waals surface area contributed by atoms with Gasteiger partial charge in [-0.3, -0.25) is 4.68 Å². The van der Waals surface area contributed by atoms with Crippen molar-refractivity contribution in [1.82, 2.24) is 9.78 Å². The highest BCUT2D eigenvalue weighted by molar-refractivity contribution is 5.47. The number of aryl methyl sites for hydroxylation is 1. The predicted octanol–water partition coefficient (Wildman–Crippen LogP) is 5.64. The van der Waals surface area contributed by atoms with Crippen LogP contribution in [0.1, 0.15) is 34.7 Å². The lowest BCUT2D eigenvalue weighted by atomic mass is 10.0. The molecule has 0 radical (unpaired) electrons. The number of nitrogen functional groups attached to an aromatic ring is 1. The molecule has 0 spiro atoms. The van der Waals surface area contributed by atoms with Crippen LogP contribution in [0, 0.1) is 6.92 Å². The summed E-state index contributed by atoms with van der Waals surface area (Å²) < 4.78 is 132. The molecule has 2 aromatic rings. The zero-order valence-electron chi connectivity index (χ0n) is 15.1. The minimum atomic E-state index is -5.43. The fourth-order valence-corrected chi connectivity index (χ4v) is 2.56. The van der Waals surface area contributed by atoms with Crippen molar-refractivity contribution in [2.75, 3.05) is 5.73 Å². The van der Waals surface area contributed by atoms with Gasteiger partial charge in [0.05, 0.1) is 6.54 Å². The van der Waals surface area contributed by atoms with Crippen LogP contribution in [0.2, 0.25) is 0 Å². The quantitative estimate of drug-likeness (QED) is 0.417. The van der Waals surface area contributed by atoms with Crippen LogP contribution in [-0.4, -0.2) is 34.5 Å². The average Bonchev–Trinajstić information content (AvgIpc) is 3.06. The maximum atomic E-state index is 14.1. The van der Waals surface area contributed by atoms with Crippen LogP contribution >= 0.6 is 0 Å². The van der Waals surface area contributed by atoms with Crippen LogP contribution in [0.25, 0.3) is 0 Å². The Morgan fingerprint density at radius 1 is 0.933 bits per heavy atom. The molecule has 2 rings (SSSR count). The van der Waals surface area contributed by atoms with Crippen molar-refractivity contribution < 1.29 is 43.9 Å². The van der Waals surface area contributed by atoms with Crippen molar-refractivity contribution in [3.8, 4) is 0 Å². The Hall–Kier alpha value is -2.47. The molecule has 0 saturated heterocycles. The summed E-state index contributed by atoms with van der Waals surface area (Å²) in [7, 11) is 0. The molecule has 0 aliphatic heterocycles. The largest absolute Gasteiger partial charge is 0.399 e. The number of hydrogen-bond acceptors (Lipinski definition) is 2. The second kappa shape index (κ2) is 8.34. The van der Waals surface area contributed by atoms with Crippen LogP contribution in [0.4, 0.5) is 49.6 Å². The van der Waals surface area contributed by atoms with Gasteiger partial charge < -0.3 is 5.73 Å². The minimum Gasteiger partial charge on any atom is -0.399 e. The van der Waals surface area contributed by atoms with Gasteiger partial charge in [0.1, 0.15) is 5.69 Å². The Kier molecular flexibility index (Phi) is 6.62. The van der Waals surface area contributed by atoms with E-state index in [4.69, 9.17) is 5.73 Å². The molecule has 3 nitrogen and oxygen atoms in total. The van der Waals surface area contributed by atoms with Crippen LogP contribution < -0.4 is 5.73 Å². The van der Waals surface area contributed by atoms with Crippen molar-refractivity contribution >= 4 is 5.69 Å². The van der Waals surface area contributed by atoms with E-state index in [0.717, 1.165) is 0 Å². The topological polar surface area (TPSA) is 43.8 Å². The highest BCUT2D eigenvalue weighted by atomic mass is 19.3. The maximum absolute atomic E-state index is 14.1. The minimum absolute atomic E-state index is 0.302. The van der Waals surface area contributed by atoms with Gasteiger partial charge in [-0.1, -0.05) is 12.1 Å². The fourth-order valence-electron chi connectivity index (χ4n) is 2.56. The highest BCUT2D eigenvalue weighted by Crippen LogP contribution is 2.46. The standard InChI is InChI=1S/C17H15F10N3/c1-7-4-8(2-3-10(7)28)5-30-6-9(12(18)16(24,25)14(20)21)11(29-30)13(19)17(26,27)15(22)23/h2-4,6,12-15H,5,28H2,1H3. The van der Waals surface area contributed by atoms with Gasteiger partial charge >= 0.3 is 24.7 Å². The van der Waals surface area contributed by atoms with E-state index in [1.54, 1.807) is 6.92 Å². The predicted molar refractivity (Wildman–Crippen MR) is 86.5 cm³/mol. The molecule has 2 N–H and O–H groups in total. The molecule has 0 bridgehead atoms. The van der Waals surface area contributed by atoms with Gasteiger partial charge in [-0.2, -0.15) is 22.7 Å². The van der Waals surface area contributed by atoms with Gasteiger partial charge in [0.25, 0.3) is 0 Å². The smallest absolute Gasteiger partial charge is 0.343 e. The number of hydrogen-bond donors (Lipinski definition) is 1. The van der Waals surface area contributed by atoms with Crippen LogP contribution in [0.3, 0.4) is 0 Å². The molecule has 2 atom stereocenters. The molecule has 0 fully saturated rings. The van der Waals surface area contributed by atoms with Crippen LogP contribution in [0.5, 0.6) is 0 Å². The number of halogens is 10. The molecule has 0 aliphatic carbocycles. The van der Waals surface area contributed by atoms with E-state index in [9.17, 15) is 43.9 Å². The Labute approximate surface area is 163 Å². The summed E-state index contributed by atoms with van der Waals surface area (Å²) in [5.74, 6) is -10.8. The first kappa shape index (κ1) is 23.8. The maximum Gasteiger partial charge on any atom is 0.343 e. The van der Waals surface area contributed by atoms with Gasteiger partial charge in [0.2, 0.25) is 6.17 Å². The summed E-state index contributed by atoms with van der Waals surface area (Å²) in [6.07, 6.45) is -16.8. The first-order valence-corrected chi connectivity index (χ1v) is 8.21. The molecule has 2 unspecified atom stereocenters. The molecule has 30 heavy (non-hydrogen) atoms. The Morgan fingerprint density at radius 2 is 1.47 bits per heavy atom. The summed E-state index contributed by atoms with van der Waals surface area (Å²) in [6.45, 7) is 1.16. The molecule has 1 aromatic heterocycles. The first-order chi connectivity index (χ1) is 13.7. The first-order valence-electron chi connectivity index (χ1n) is 8.21. The number of anilines is 1. The van der Waals surface area contributed by atoms with E-state index in [0.29, 0.717) is 27.7 Å². The summed E-state index contributed by atoms with van der Waals surface area (Å²) in [6, 6.07) is 4.27. The zero-order chi connectivity index (χ0) is 23.0. The van der Waals surface area contributed by atoms with E-state index in [2.05, 4.69) is 5.10 Å². The molecule has 1 heterocycles. The molecule has 168 valence electrons. The molecule has 0 saturated carbocycles. The zero-order valence-corrected chi connectivity index (χ0v) is 15.1. The van der Waals surface area contributed by atoms with E-state index in [1.807, 2.05) is 0 Å². The third kappa shape index (κ3) is 4.48. The fraction of sp³-hybridized carbons (Fsp3) is 0.471. The SMILES string of the molecule is Cc1cc(Cn2cc(C(F)C(F)(F)C(F)F)c(C(F)C(F)(F)C(F)F)n2)ccc1N. The van der Waals surface area contributed by atoms with Crippen molar-refractivity contribution in [3.05, 3.63) is 46.8 Å². The van der Waals surface area contributed by atoms with Crippen molar-refractivity contribution in [2.45, 2.75) is 50.5 Å². The lowest BCUT2D eigenvalue weighted by Crippen LogP contribution is -2.35. The Morgan fingerprint density at radius 3 is 1.97 bits per heavy atom. The van der Waals surface area contributed by atoms with Gasteiger partial charge in [0.15, 0.2) is 6.17 Å². The Balaban J connectivity index is 2.53. The monoisotopic (exact) mass is 451 g/mol. The lowest BCUT2D eigenvalue weighted by Gasteiger charge is -2.22. The number of nitrogens with two attached hydrogens (primary N) is 1. The molecule has 13 heteroatoms. The van der Waals surface area contributed by atoms with Crippen molar-refractivity contribution in [1.29, 1.82) is 0 Å². The number of aromatic nitrogens is 2. The lowest BCUT2D eigenvalue weighted by molar-refractivity contribution is -0.179. The van der Waals surface area contributed by atoms with E-state index in [-0.39, 0.29) is 0 Å². The summed E-state index contributed by atoms with van der Waals surface area (Å²) in [4.78, 5) is 0. The molecule has 0 aliphatic rings. The average molecular weight is 451 g/mol. The van der Waals surface area contributed by atoms with Crippen LogP contribution in [-0.2, 0) is 6.54 Å². The van der Waals surface area contributed by atoms with E-state index >= 15 is 0 Å². The molecule has 0 amide bonds. The van der Waals surface area contributed by atoms with Gasteiger partial charge in [-0.15, -0.1) is 0 Å². The van der Waals surface area contributed by atoms with Crippen LogP contribution in [0.15, 0.2) is 24.4 Å². The number of nitrogens with zero attached hydrogens (tertiary/aromatic N) is 2. The number of alkyl halides is 10. The van der Waals surface area contributed by atoms with E-state index < -0.39 is 54.8 Å². The number of rotatable bonds is 8. The molecular formula is C17H15F10N3. The second-order valence-electron chi connectivity index (χ2n) is 6.53. The second-order valence-corrected chi connectivity index (χ2v) is 6.53. The Bertz CT molecular complexity index is 837. The van der Waals surface area contributed by atoms with E-state index in [1.165, 1.54) is 18.2 Å².